The number of halogens is 2. The van der Waals surface area contributed by atoms with Crippen LogP contribution in [0.3, 0.4) is 0 Å². The Bertz CT molecular complexity index is 459. The molecule has 0 unspecified atom stereocenters. The maximum atomic E-state index is 12.0. The molecule has 0 saturated carbocycles. The van der Waals surface area contributed by atoms with Gasteiger partial charge in [-0.05, 0) is 35.8 Å². The molecule has 0 radical (unpaired) electrons. The summed E-state index contributed by atoms with van der Waals surface area (Å²) in [6.07, 6.45) is 0. The summed E-state index contributed by atoms with van der Waals surface area (Å²) >= 11 is 10.3. The molecule has 3 nitrogen and oxygen atoms in total. The number of rotatable bonds is 4. The van der Waals surface area contributed by atoms with Gasteiger partial charge in [0.2, 0.25) is 0 Å². The van der Waals surface area contributed by atoms with Gasteiger partial charge in [-0.25, -0.2) is 8.42 Å². The number of sulfone groups is 1. The highest BCUT2D eigenvalue weighted by Gasteiger charge is 2.34. The molecule has 0 aliphatic carbocycles. The van der Waals surface area contributed by atoms with E-state index in [9.17, 15) is 8.42 Å². The first-order valence-corrected chi connectivity index (χ1v) is 8.10. The quantitative estimate of drug-likeness (QED) is 0.911. The monoisotopic (exact) mass is 346 g/mol. The van der Waals surface area contributed by atoms with Gasteiger partial charge in [0.05, 0.1) is 17.1 Å². The normalized spacial score (nSPS) is 13.1. The van der Waals surface area contributed by atoms with Gasteiger partial charge in [0.1, 0.15) is 4.34 Å². The summed E-state index contributed by atoms with van der Waals surface area (Å²) in [6.45, 7) is 2.62. The van der Waals surface area contributed by atoms with Gasteiger partial charge < -0.3 is 5.11 Å². The van der Waals surface area contributed by atoms with Crippen LogP contribution in [0.15, 0.2) is 10.5 Å². The molecule has 0 aromatic carbocycles. The minimum atomic E-state index is -3.39. The van der Waals surface area contributed by atoms with Crippen molar-refractivity contribution in [3.63, 3.8) is 0 Å². The first-order valence-electron chi connectivity index (χ1n) is 4.46. The zero-order chi connectivity index (χ0) is 12.6. The first kappa shape index (κ1) is 14.4. The smallest absolute Gasteiger partial charge is 0.162 e. The summed E-state index contributed by atoms with van der Waals surface area (Å²) in [4.78, 5) is 0.665. The van der Waals surface area contributed by atoms with Crippen molar-refractivity contribution in [1.29, 1.82) is 0 Å². The second kappa shape index (κ2) is 4.94. The molecule has 0 aliphatic rings. The number of hydrogen-bond donors (Lipinski definition) is 1. The van der Waals surface area contributed by atoms with Crippen LogP contribution >= 0.6 is 38.9 Å². The van der Waals surface area contributed by atoms with E-state index in [0.717, 1.165) is 0 Å². The van der Waals surface area contributed by atoms with Gasteiger partial charge in [-0.3, -0.25) is 0 Å². The van der Waals surface area contributed by atoms with E-state index >= 15 is 0 Å². The van der Waals surface area contributed by atoms with E-state index in [2.05, 4.69) is 15.9 Å². The molecular weight excluding hydrogens is 336 g/mol. The number of aliphatic hydroxyl groups excluding tert-OH is 1. The molecule has 0 fully saturated rings. The van der Waals surface area contributed by atoms with Gasteiger partial charge >= 0.3 is 0 Å². The molecule has 1 N–H and O–H groups in total. The summed E-state index contributed by atoms with van der Waals surface area (Å²) in [5, 5.41) is 9.06. The Hall–Kier alpha value is 0.380. The number of thiophene rings is 1. The summed E-state index contributed by atoms with van der Waals surface area (Å²) < 4.78 is 24.0. The van der Waals surface area contributed by atoms with E-state index in [0.29, 0.717) is 13.7 Å². The van der Waals surface area contributed by atoms with Gasteiger partial charge in [-0.1, -0.05) is 11.6 Å². The van der Waals surface area contributed by atoms with Crippen molar-refractivity contribution in [2.24, 2.45) is 0 Å². The Balaban J connectivity index is 2.98. The maximum Gasteiger partial charge on any atom is 0.162 e. The van der Waals surface area contributed by atoms with Gasteiger partial charge in [0.15, 0.2) is 9.84 Å². The molecule has 0 aliphatic heterocycles. The molecule has 92 valence electrons. The Kier molecular flexibility index (Phi) is 4.46. The van der Waals surface area contributed by atoms with Crippen LogP contribution in [-0.2, 0) is 15.6 Å². The van der Waals surface area contributed by atoms with E-state index in [1.165, 1.54) is 25.2 Å². The predicted molar refractivity (Wildman–Crippen MR) is 70.8 cm³/mol. The van der Waals surface area contributed by atoms with Crippen LogP contribution in [0.5, 0.6) is 0 Å². The summed E-state index contributed by atoms with van der Waals surface area (Å²) in [7, 11) is -3.39. The fourth-order valence-corrected chi connectivity index (χ4v) is 4.28. The van der Waals surface area contributed by atoms with Crippen LogP contribution in [0.2, 0.25) is 4.34 Å². The first-order chi connectivity index (χ1) is 7.19. The maximum absolute atomic E-state index is 12.0. The van der Waals surface area contributed by atoms with Gasteiger partial charge in [0, 0.05) is 9.35 Å². The third-order valence-corrected chi connectivity index (χ3v) is 7.41. The van der Waals surface area contributed by atoms with Crippen molar-refractivity contribution in [3.05, 3.63) is 19.8 Å². The van der Waals surface area contributed by atoms with Crippen LogP contribution in [0.25, 0.3) is 0 Å². The molecule has 1 aromatic heterocycles. The molecule has 1 rings (SSSR count). The molecule has 16 heavy (non-hydrogen) atoms. The Morgan fingerprint density at radius 2 is 2.12 bits per heavy atom. The lowest BCUT2D eigenvalue weighted by atomic mass is 10.2. The van der Waals surface area contributed by atoms with Crippen molar-refractivity contribution in [3.8, 4) is 0 Å². The van der Waals surface area contributed by atoms with Crippen LogP contribution in [0, 0.1) is 0 Å². The third kappa shape index (κ3) is 2.98. The molecule has 7 heteroatoms. The number of aliphatic hydroxyl groups is 1. The average molecular weight is 348 g/mol. The van der Waals surface area contributed by atoms with Gasteiger partial charge in [-0.2, -0.15) is 0 Å². The lowest BCUT2D eigenvalue weighted by molar-refractivity contribution is 0.258. The molecule has 0 saturated heterocycles. The topological polar surface area (TPSA) is 54.4 Å². The highest BCUT2D eigenvalue weighted by Crippen LogP contribution is 2.34. The predicted octanol–water partition coefficient (Wildman–Crippen LogP) is 2.85. The molecular formula is C9H12BrClO3S2. The lowest BCUT2D eigenvalue weighted by Crippen LogP contribution is -2.36. The molecule has 0 amide bonds. The van der Waals surface area contributed by atoms with Gasteiger partial charge in [-0.15, -0.1) is 11.3 Å². The second-order valence-electron chi connectivity index (χ2n) is 4.01. The summed E-state index contributed by atoms with van der Waals surface area (Å²) in [5.74, 6) is -0.101. The molecule has 1 aromatic rings. The third-order valence-electron chi connectivity index (χ3n) is 2.25. The highest BCUT2D eigenvalue weighted by atomic mass is 79.9. The minimum Gasteiger partial charge on any atom is -0.395 e. The number of hydrogen-bond acceptors (Lipinski definition) is 4. The Morgan fingerprint density at radius 3 is 2.50 bits per heavy atom. The van der Waals surface area contributed by atoms with Crippen LogP contribution in [-0.4, -0.2) is 24.9 Å². The van der Waals surface area contributed by atoms with E-state index < -0.39 is 21.2 Å². The fourth-order valence-electron chi connectivity index (χ4n) is 0.944. The van der Waals surface area contributed by atoms with Crippen molar-refractivity contribution in [2.75, 3.05) is 6.61 Å². The molecule has 0 atom stereocenters. The van der Waals surface area contributed by atoms with E-state index in [1.807, 2.05) is 0 Å². The largest absolute Gasteiger partial charge is 0.395 e. The van der Waals surface area contributed by atoms with Crippen LogP contribution in [0.4, 0.5) is 0 Å². The average Bonchev–Trinajstić information content (AvgIpc) is 2.44. The van der Waals surface area contributed by atoms with Crippen molar-refractivity contribution in [2.45, 2.75) is 24.3 Å². The van der Waals surface area contributed by atoms with Gasteiger partial charge in [0.25, 0.3) is 0 Å². The zero-order valence-electron chi connectivity index (χ0n) is 8.83. The highest BCUT2D eigenvalue weighted by molar-refractivity contribution is 9.10. The fraction of sp³-hybridized carbons (Fsp3) is 0.556. The van der Waals surface area contributed by atoms with Crippen molar-refractivity contribution >= 4 is 48.7 Å². The van der Waals surface area contributed by atoms with Crippen LogP contribution < -0.4 is 0 Å². The Labute approximate surface area is 112 Å². The standard InChI is InChI=1S/C9H12BrClO3S2/c1-9(2,5-12)16(13,14)4-6-3-7(10)8(11)15-6/h3,12H,4-5H2,1-2H3. The van der Waals surface area contributed by atoms with E-state index in [-0.39, 0.29) is 5.75 Å². The lowest BCUT2D eigenvalue weighted by Gasteiger charge is -2.21. The van der Waals surface area contributed by atoms with E-state index in [4.69, 9.17) is 16.7 Å². The van der Waals surface area contributed by atoms with Crippen LogP contribution in [0.1, 0.15) is 18.7 Å². The Morgan fingerprint density at radius 1 is 1.56 bits per heavy atom. The summed E-state index contributed by atoms with van der Waals surface area (Å²) in [6, 6.07) is 1.69. The molecule has 0 bridgehead atoms. The van der Waals surface area contributed by atoms with Crippen molar-refractivity contribution in [1.82, 2.24) is 0 Å². The molecule has 0 spiro atoms. The molecule has 1 heterocycles. The minimum absolute atomic E-state index is 0.101. The SMILES string of the molecule is CC(C)(CO)S(=O)(=O)Cc1cc(Br)c(Cl)s1. The van der Waals surface area contributed by atoms with Crippen molar-refractivity contribution < 1.29 is 13.5 Å². The van der Waals surface area contributed by atoms with E-state index in [1.54, 1.807) is 6.07 Å². The summed E-state index contributed by atoms with van der Waals surface area (Å²) in [5.41, 5.74) is 0. The second-order valence-corrected chi connectivity index (χ2v) is 9.23. The zero-order valence-corrected chi connectivity index (χ0v) is 12.8.